The summed E-state index contributed by atoms with van der Waals surface area (Å²) in [5.74, 6) is 0.0341. The maximum Gasteiger partial charge on any atom is 0.251 e. The fourth-order valence-electron chi connectivity index (χ4n) is 4.39. The van der Waals surface area contributed by atoms with Crippen LogP contribution in [0.2, 0.25) is 0 Å². The Kier molecular flexibility index (Phi) is 7.16. The number of benzene rings is 2. The smallest absolute Gasteiger partial charge is 0.251 e. The van der Waals surface area contributed by atoms with Crippen LogP contribution >= 0.6 is 0 Å². The number of carbonyl (C=O) groups excluding carboxylic acids is 1. The summed E-state index contributed by atoms with van der Waals surface area (Å²) in [7, 11) is 2.17. The first-order chi connectivity index (χ1) is 14.7. The van der Waals surface area contributed by atoms with Gasteiger partial charge in [0.2, 0.25) is 0 Å². The van der Waals surface area contributed by atoms with Gasteiger partial charge in [0.15, 0.2) is 0 Å². The molecule has 2 aliphatic heterocycles. The quantitative estimate of drug-likeness (QED) is 0.718. The van der Waals surface area contributed by atoms with Crippen molar-refractivity contribution in [3.63, 3.8) is 0 Å². The van der Waals surface area contributed by atoms with Gasteiger partial charge in [0, 0.05) is 57.9 Å². The third kappa shape index (κ3) is 5.69. The van der Waals surface area contributed by atoms with Gasteiger partial charge in [-0.05, 0) is 55.3 Å². The number of fused-ring (bicyclic) bond motifs is 1. The summed E-state index contributed by atoms with van der Waals surface area (Å²) in [4.78, 5) is 19.8. The molecular weight excluding hydrogens is 372 g/mol. The minimum Gasteiger partial charge on any atom is -0.352 e. The number of rotatable bonds is 7. The van der Waals surface area contributed by atoms with Crippen molar-refractivity contribution < 1.29 is 4.79 Å². The second-order valence-electron chi connectivity index (χ2n) is 8.68. The van der Waals surface area contributed by atoms with Crippen molar-refractivity contribution in [3.05, 3.63) is 70.8 Å². The van der Waals surface area contributed by atoms with E-state index in [1.165, 1.54) is 16.7 Å². The summed E-state index contributed by atoms with van der Waals surface area (Å²) in [6, 6.07) is 16.8. The molecule has 0 aliphatic carbocycles. The van der Waals surface area contributed by atoms with Crippen LogP contribution in [-0.2, 0) is 19.5 Å². The first-order valence-electron chi connectivity index (χ1n) is 11.2. The lowest BCUT2D eigenvalue weighted by Crippen LogP contribution is -2.45. The zero-order valence-electron chi connectivity index (χ0n) is 18.1. The van der Waals surface area contributed by atoms with Gasteiger partial charge in [-0.3, -0.25) is 9.69 Å². The van der Waals surface area contributed by atoms with Gasteiger partial charge in [-0.2, -0.15) is 0 Å². The molecule has 0 spiro atoms. The first-order valence-corrected chi connectivity index (χ1v) is 11.2. The predicted molar refractivity (Wildman–Crippen MR) is 122 cm³/mol. The van der Waals surface area contributed by atoms with E-state index in [0.29, 0.717) is 0 Å². The number of hydrogen-bond donors (Lipinski definition) is 1. The molecule has 0 aromatic heterocycles. The van der Waals surface area contributed by atoms with E-state index >= 15 is 0 Å². The van der Waals surface area contributed by atoms with Crippen molar-refractivity contribution in [2.45, 2.75) is 25.9 Å². The molecule has 5 heteroatoms. The van der Waals surface area contributed by atoms with E-state index in [4.69, 9.17) is 0 Å². The van der Waals surface area contributed by atoms with Crippen molar-refractivity contribution in [2.24, 2.45) is 0 Å². The van der Waals surface area contributed by atoms with E-state index in [9.17, 15) is 4.79 Å². The van der Waals surface area contributed by atoms with Crippen LogP contribution < -0.4 is 5.32 Å². The summed E-state index contributed by atoms with van der Waals surface area (Å²) < 4.78 is 0. The van der Waals surface area contributed by atoms with E-state index in [1.54, 1.807) is 0 Å². The average Bonchev–Trinajstić information content (AvgIpc) is 2.78. The summed E-state index contributed by atoms with van der Waals surface area (Å²) in [6.07, 6.45) is 2.12. The molecule has 0 saturated carbocycles. The van der Waals surface area contributed by atoms with Crippen LogP contribution in [0.15, 0.2) is 48.5 Å². The van der Waals surface area contributed by atoms with Gasteiger partial charge in [0.05, 0.1) is 0 Å². The van der Waals surface area contributed by atoms with E-state index in [2.05, 4.69) is 63.5 Å². The van der Waals surface area contributed by atoms with Gasteiger partial charge in [-0.25, -0.2) is 0 Å². The SMILES string of the molecule is CN1CCN(CCCNC(=O)c2ccc(CN3CCc4ccccc4C3)cc2)CC1. The summed E-state index contributed by atoms with van der Waals surface area (Å²) in [5, 5.41) is 3.07. The topological polar surface area (TPSA) is 38.8 Å². The summed E-state index contributed by atoms with van der Waals surface area (Å²) >= 11 is 0. The van der Waals surface area contributed by atoms with Crippen LogP contribution in [0.25, 0.3) is 0 Å². The highest BCUT2D eigenvalue weighted by molar-refractivity contribution is 5.94. The Hall–Kier alpha value is -2.21. The maximum absolute atomic E-state index is 12.4. The largest absolute Gasteiger partial charge is 0.352 e. The zero-order chi connectivity index (χ0) is 20.8. The minimum absolute atomic E-state index is 0.0341. The van der Waals surface area contributed by atoms with E-state index in [0.717, 1.165) is 77.3 Å². The Bertz CT molecular complexity index is 827. The summed E-state index contributed by atoms with van der Waals surface area (Å²) in [5.41, 5.74) is 4.94. The van der Waals surface area contributed by atoms with Crippen LogP contribution in [0.3, 0.4) is 0 Å². The third-order valence-corrected chi connectivity index (χ3v) is 6.36. The fraction of sp³-hybridized carbons (Fsp3) is 0.480. The van der Waals surface area contributed by atoms with Crippen LogP contribution in [0.5, 0.6) is 0 Å². The van der Waals surface area contributed by atoms with Crippen LogP contribution in [0, 0.1) is 0 Å². The number of piperazine rings is 1. The van der Waals surface area contributed by atoms with E-state index in [1.807, 2.05) is 12.1 Å². The molecule has 5 nitrogen and oxygen atoms in total. The first kappa shape index (κ1) is 21.0. The zero-order valence-corrected chi connectivity index (χ0v) is 18.1. The molecule has 2 heterocycles. The number of nitrogens with one attached hydrogen (secondary N) is 1. The molecule has 1 saturated heterocycles. The standard InChI is InChI=1S/C25H34N4O/c1-27-15-17-28(18-16-27)13-4-12-26-25(30)23-9-7-21(8-10-23)19-29-14-11-22-5-2-3-6-24(22)20-29/h2-3,5-10H,4,11-20H2,1H3,(H,26,30). The highest BCUT2D eigenvalue weighted by atomic mass is 16.1. The molecule has 2 aliphatic rings. The van der Waals surface area contributed by atoms with Crippen molar-refractivity contribution >= 4 is 5.91 Å². The Labute approximate surface area is 180 Å². The maximum atomic E-state index is 12.4. The highest BCUT2D eigenvalue weighted by Crippen LogP contribution is 2.20. The number of nitrogens with zero attached hydrogens (tertiary/aromatic N) is 3. The molecule has 2 aromatic rings. The second-order valence-corrected chi connectivity index (χ2v) is 8.68. The van der Waals surface area contributed by atoms with Crippen molar-refractivity contribution in [1.82, 2.24) is 20.0 Å². The molecule has 1 amide bonds. The lowest BCUT2D eigenvalue weighted by Gasteiger charge is -2.32. The molecule has 0 atom stereocenters. The molecule has 0 radical (unpaired) electrons. The van der Waals surface area contributed by atoms with Gasteiger partial charge < -0.3 is 15.1 Å². The van der Waals surface area contributed by atoms with Crippen LogP contribution in [0.4, 0.5) is 0 Å². The fourth-order valence-corrected chi connectivity index (χ4v) is 4.39. The van der Waals surface area contributed by atoms with E-state index < -0.39 is 0 Å². The predicted octanol–water partition coefficient (Wildman–Crippen LogP) is 2.61. The molecule has 0 bridgehead atoms. The molecule has 1 fully saturated rings. The third-order valence-electron chi connectivity index (χ3n) is 6.36. The van der Waals surface area contributed by atoms with Crippen LogP contribution in [0.1, 0.15) is 33.5 Å². The molecule has 160 valence electrons. The normalized spacial score (nSPS) is 18.2. The van der Waals surface area contributed by atoms with Crippen molar-refractivity contribution in [2.75, 3.05) is 52.9 Å². The number of likely N-dealkylation sites (N-methyl/N-ethyl adjacent to an activating group) is 1. The van der Waals surface area contributed by atoms with Gasteiger partial charge in [-0.15, -0.1) is 0 Å². The molecule has 1 N–H and O–H groups in total. The molecule has 30 heavy (non-hydrogen) atoms. The second kappa shape index (κ2) is 10.2. The minimum atomic E-state index is 0.0341. The monoisotopic (exact) mass is 406 g/mol. The van der Waals surface area contributed by atoms with Gasteiger partial charge in [-0.1, -0.05) is 36.4 Å². The van der Waals surface area contributed by atoms with Crippen molar-refractivity contribution in [3.8, 4) is 0 Å². The number of hydrogen-bond acceptors (Lipinski definition) is 4. The number of carbonyl (C=O) groups is 1. The Morgan fingerprint density at radius 3 is 2.40 bits per heavy atom. The summed E-state index contributed by atoms with van der Waals surface area (Å²) in [6.45, 7) is 9.37. The van der Waals surface area contributed by atoms with Gasteiger partial charge in [0.1, 0.15) is 0 Å². The molecule has 2 aromatic carbocycles. The van der Waals surface area contributed by atoms with Gasteiger partial charge >= 0.3 is 0 Å². The Morgan fingerprint density at radius 1 is 0.900 bits per heavy atom. The lowest BCUT2D eigenvalue weighted by atomic mass is 9.99. The molecular formula is C25H34N4O. The molecule has 4 rings (SSSR count). The molecule has 0 unspecified atom stereocenters. The Morgan fingerprint density at radius 2 is 1.63 bits per heavy atom. The lowest BCUT2D eigenvalue weighted by molar-refractivity contribution is 0.0949. The highest BCUT2D eigenvalue weighted by Gasteiger charge is 2.16. The number of amides is 1. The van der Waals surface area contributed by atoms with Crippen molar-refractivity contribution in [1.29, 1.82) is 0 Å². The Balaban J connectivity index is 1.19. The van der Waals surface area contributed by atoms with Gasteiger partial charge in [0.25, 0.3) is 5.91 Å². The van der Waals surface area contributed by atoms with E-state index in [-0.39, 0.29) is 5.91 Å². The average molecular weight is 407 g/mol. The van der Waals surface area contributed by atoms with Crippen LogP contribution in [-0.4, -0.2) is 73.5 Å².